The fraction of sp³-hybridized carbons (Fsp3) is 0.391. The highest BCUT2D eigenvalue weighted by atomic mass is 35.5. The second-order valence-corrected chi connectivity index (χ2v) is 11.0. The van der Waals surface area contributed by atoms with Crippen molar-refractivity contribution in [2.45, 2.75) is 50.1 Å². The summed E-state index contributed by atoms with van der Waals surface area (Å²) in [6.07, 6.45) is 1.18. The predicted molar refractivity (Wildman–Crippen MR) is 127 cm³/mol. The van der Waals surface area contributed by atoms with Gasteiger partial charge in [-0.05, 0) is 74.0 Å². The number of nitrogens with one attached hydrogen (secondary N) is 1. The number of rotatable bonds is 7. The van der Waals surface area contributed by atoms with E-state index in [-0.39, 0.29) is 12.1 Å². The molecule has 1 aromatic heterocycles. The summed E-state index contributed by atoms with van der Waals surface area (Å²) < 4.78 is 24.1. The van der Waals surface area contributed by atoms with Crippen LogP contribution in [-0.4, -0.2) is 34.3 Å². The Bertz CT molecular complexity index is 1050. The molecule has 0 aliphatic carbocycles. The van der Waals surface area contributed by atoms with Crippen molar-refractivity contribution < 1.29 is 8.95 Å². The molecule has 30 heavy (non-hydrogen) atoms. The summed E-state index contributed by atoms with van der Waals surface area (Å²) in [5.74, 6) is 0.908. The number of likely N-dealkylation sites (tertiary alicyclic amines) is 1. The number of thiophene rings is 1. The summed E-state index contributed by atoms with van der Waals surface area (Å²) in [5, 5.41) is 1.81. The molecule has 0 saturated carbocycles. The maximum absolute atomic E-state index is 13.0. The van der Waals surface area contributed by atoms with Crippen LogP contribution in [0.4, 0.5) is 0 Å². The lowest BCUT2D eigenvalue weighted by molar-refractivity contribution is 0.242. The molecule has 4 nitrogen and oxygen atoms in total. The molecule has 4 rings (SSSR count). The molecular weight excluding hydrogens is 436 g/mol. The van der Waals surface area contributed by atoms with E-state index in [9.17, 15) is 4.21 Å². The van der Waals surface area contributed by atoms with E-state index in [4.69, 9.17) is 16.3 Å². The minimum Gasteiger partial charge on any atom is -0.491 e. The molecule has 0 radical (unpaired) electrons. The number of hydrogen-bond donors (Lipinski definition) is 1. The Morgan fingerprint density at radius 2 is 2.03 bits per heavy atom. The van der Waals surface area contributed by atoms with Gasteiger partial charge in [0, 0.05) is 35.4 Å². The van der Waals surface area contributed by atoms with Gasteiger partial charge in [-0.15, -0.1) is 11.3 Å². The number of fused-ring (bicyclic) bond motifs is 1. The smallest absolute Gasteiger partial charge is 0.135 e. The van der Waals surface area contributed by atoms with Gasteiger partial charge in [-0.25, -0.2) is 8.93 Å². The summed E-state index contributed by atoms with van der Waals surface area (Å²) in [4.78, 5) is 2.41. The van der Waals surface area contributed by atoms with E-state index in [0.29, 0.717) is 5.02 Å². The van der Waals surface area contributed by atoms with Crippen LogP contribution in [0.3, 0.4) is 0 Å². The molecule has 160 valence electrons. The van der Waals surface area contributed by atoms with Crippen LogP contribution in [0.2, 0.25) is 5.02 Å². The summed E-state index contributed by atoms with van der Waals surface area (Å²) in [7, 11) is -1.21. The van der Waals surface area contributed by atoms with Crippen molar-refractivity contribution in [3.8, 4) is 5.75 Å². The SMILES string of the molecule is Cc1c(S(=O)NC2CCN(Cc3ccc(OC(C)C)cc3)C2)sc2ccc(Cl)cc12. The number of nitrogens with zero attached hydrogens (tertiary/aromatic N) is 1. The molecule has 3 aromatic rings. The minimum atomic E-state index is -1.21. The normalized spacial score (nSPS) is 18.4. The van der Waals surface area contributed by atoms with Crippen LogP contribution >= 0.6 is 22.9 Å². The van der Waals surface area contributed by atoms with Gasteiger partial charge in [0.05, 0.1) is 6.10 Å². The van der Waals surface area contributed by atoms with Gasteiger partial charge >= 0.3 is 0 Å². The first kappa shape index (κ1) is 21.8. The molecule has 1 fully saturated rings. The molecule has 2 heterocycles. The number of benzene rings is 2. The zero-order valence-electron chi connectivity index (χ0n) is 17.5. The van der Waals surface area contributed by atoms with Crippen LogP contribution < -0.4 is 9.46 Å². The van der Waals surface area contributed by atoms with Crippen molar-refractivity contribution in [2.24, 2.45) is 0 Å². The lowest BCUT2D eigenvalue weighted by atomic mass is 10.2. The Balaban J connectivity index is 1.35. The Hall–Kier alpha value is -1.44. The third-order valence-corrected chi connectivity index (χ3v) is 8.47. The standard InChI is InChI=1S/C23H27ClN2O2S2/c1-15(2)28-20-7-4-17(5-8-20)13-26-11-10-19(14-26)25-30(27)23-16(3)21-12-18(24)6-9-22(21)29-23/h4-9,12,15,19,25H,10-11,13-14H2,1-3H3. The van der Waals surface area contributed by atoms with Crippen LogP contribution in [0, 0.1) is 6.92 Å². The Kier molecular flexibility index (Phi) is 6.80. The molecular formula is C23H27ClN2O2S2. The van der Waals surface area contributed by atoms with Gasteiger partial charge < -0.3 is 4.74 Å². The number of aryl methyl sites for hydroxylation is 1. The molecule has 1 aliphatic heterocycles. The van der Waals surface area contributed by atoms with Crippen molar-refractivity contribution in [1.82, 2.24) is 9.62 Å². The van der Waals surface area contributed by atoms with Crippen molar-refractivity contribution in [2.75, 3.05) is 13.1 Å². The van der Waals surface area contributed by atoms with E-state index in [1.54, 1.807) is 11.3 Å². The van der Waals surface area contributed by atoms with E-state index >= 15 is 0 Å². The summed E-state index contributed by atoms with van der Waals surface area (Å²) in [6.45, 7) is 8.88. The second-order valence-electron chi connectivity index (χ2n) is 8.07. The lowest BCUT2D eigenvalue weighted by Gasteiger charge is -2.17. The van der Waals surface area contributed by atoms with Crippen molar-refractivity contribution in [3.05, 3.63) is 58.6 Å². The van der Waals surface area contributed by atoms with Gasteiger partial charge in [0.2, 0.25) is 0 Å². The van der Waals surface area contributed by atoms with E-state index in [1.807, 2.05) is 51.1 Å². The van der Waals surface area contributed by atoms with E-state index in [2.05, 4.69) is 21.8 Å². The Morgan fingerprint density at radius 3 is 2.77 bits per heavy atom. The van der Waals surface area contributed by atoms with Gasteiger partial charge in [-0.2, -0.15) is 0 Å². The molecule has 0 bridgehead atoms. The van der Waals surface area contributed by atoms with Gasteiger partial charge in [0.1, 0.15) is 20.9 Å². The van der Waals surface area contributed by atoms with Crippen LogP contribution in [0.1, 0.15) is 31.4 Å². The van der Waals surface area contributed by atoms with Crippen LogP contribution in [0.25, 0.3) is 10.1 Å². The van der Waals surface area contributed by atoms with Gasteiger partial charge in [-0.1, -0.05) is 23.7 Å². The Morgan fingerprint density at radius 1 is 1.27 bits per heavy atom. The van der Waals surface area contributed by atoms with Crippen molar-refractivity contribution >= 4 is 44.0 Å². The first-order chi connectivity index (χ1) is 14.4. The van der Waals surface area contributed by atoms with E-state index < -0.39 is 11.0 Å². The first-order valence-electron chi connectivity index (χ1n) is 10.2. The average Bonchev–Trinajstić information content (AvgIpc) is 3.27. The molecule has 1 aliphatic rings. The Labute approximate surface area is 189 Å². The zero-order chi connectivity index (χ0) is 21.3. The van der Waals surface area contributed by atoms with Crippen LogP contribution in [-0.2, 0) is 17.5 Å². The summed E-state index contributed by atoms with van der Waals surface area (Å²) in [6, 6.07) is 14.4. The van der Waals surface area contributed by atoms with E-state index in [0.717, 1.165) is 51.7 Å². The largest absolute Gasteiger partial charge is 0.491 e. The highest BCUT2D eigenvalue weighted by Crippen LogP contribution is 2.34. The lowest BCUT2D eigenvalue weighted by Crippen LogP contribution is -2.33. The van der Waals surface area contributed by atoms with E-state index in [1.165, 1.54) is 5.56 Å². The molecule has 1 N–H and O–H groups in total. The minimum absolute atomic E-state index is 0.184. The van der Waals surface area contributed by atoms with Crippen molar-refractivity contribution in [1.29, 1.82) is 0 Å². The maximum atomic E-state index is 13.0. The number of hydrogen-bond acceptors (Lipinski definition) is 4. The van der Waals surface area contributed by atoms with Gasteiger partial charge in [0.15, 0.2) is 0 Å². The fourth-order valence-corrected chi connectivity index (χ4v) is 6.63. The molecule has 2 atom stereocenters. The maximum Gasteiger partial charge on any atom is 0.135 e. The topological polar surface area (TPSA) is 41.6 Å². The molecule has 0 amide bonds. The molecule has 2 aromatic carbocycles. The predicted octanol–water partition coefficient (Wildman–Crippen LogP) is 5.54. The number of halogens is 1. The number of ether oxygens (including phenoxy) is 1. The van der Waals surface area contributed by atoms with Crippen molar-refractivity contribution in [3.63, 3.8) is 0 Å². The highest BCUT2D eigenvalue weighted by Gasteiger charge is 2.25. The summed E-state index contributed by atoms with van der Waals surface area (Å²) >= 11 is 7.72. The van der Waals surface area contributed by atoms with Gasteiger partial charge in [0.25, 0.3) is 0 Å². The first-order valence-corrected chi connectivity index (χ1v) is 12.6. The molecule has 7 heteroatoms. The average molecular weight is 463 g/mol. The third-order valence-electron chi connectivity index (χ3n) is 5.27. The molecule has 2 unspecified atom stereocenters. The third kappa shape index (κ3) is 5.06. The zero-order valence-corrected chi connectivity index (χ0v) is 19.9. The second kappa shape index (κ2) is 9.37. The van der Waals surface area contributed by atoms with Crippen LogP contribution in [0.5, 0.6) is 5.75 Å². The summed E-state index contributed by atoms with van der Waals surface area (Å²) in [5.41, 5.74) is 2.33. The fourth-order valence-electron chi connectivity index (χ4n) is 3.83. The molecule has 0 spiro atoms. The molecule has 1 saturated heterocycles. The monoisotopic (exact) mass is 462 g/mol. The quantitative estimate of drug-likeness (QED) is 0.501. The highest BCUT2D eigenvalue weighted by molar-refractivity contribution is 7.85. The van der Waals surface area contributed by atoms with Gasteiger partial charge in [-0.3, -0.25) is 4.90 Å². The van der Waals surface area contributed by atoms with Crippen LogP contribution in [0.15, 0.2) is 46.7 Å².